The molecule has 0 aliphatic carbocycles. The lowest BCUT2D eigenvalue weighted by atomic mass is 9.85. The summed E-state index contributed by atoms with van der Waals surface area (Å²) in [6.07, 6.45) is 1.82. The number of carbonyl (C=O) groups excluding carboxylic acids is 1. The first kappa shape index (κ1) is 17.7. The van der Waals surface area contributed by atoms with Crippen molar-refractivity contribution in [3.63, 3.8) is 0 Å². The minimum Gasteiger partial charge on any atom is -0.372 e. The summed E-state index contributed by atoms with van der Waals surface area (Å²) < 4.78 is 0. The fraction of sp³-hybridized carbons (Fsp3) is 0.0435. The lowest BCUT2D eigenvalue weighted by Crippen LogP contribution is -2.47. The number of hydrazine groups is 1. The topological polar surface area (TPSA) is 75.5 Å². The van der Waals surface area contributed by atoms with Gasteiger partial charge in [0.05, 0.1) is 0 Å². The lowest BCUT2D eigenvalue weighted by Gasteiger charge is -2.28. The minimum atomic E-state index is -1.83. The van der Waals surface area contributed by atoms with Crippen LogP contribution in [0.25, 0.3) is 10.9 Å². The molecule has 0 radical (unpaired) electrons. The van der Waals surface area contributed by atoms with Gasteiger partial charge in [0.15, 0.2) is 11.8 Å². The van der Waals surface area contributed by atoms with Crippen molar-refractivity contribution in [2.24, 2.45) is 0 Å². The van der Waals surface area contributed by atoms with Crippen LogP contribution in [0.1, 0.15) is 11.1 Å². The van der Waals surface area contributed by atoms with Crippen LogP contribution in [0.4, 0.5) is 5.69 Å². The van der Waals surface area contributed by atoms with Crippen LogP contribution in [-0.4, -0.2) is 11.0 Å². The average molecular weight is 370 g/mol. The average Bonchev–Trinajstić information content (AvgIpc) is 2.78. The van der Waals surface area contributed by atoms with Crippen molar-refractivity contribution < 1.29 is 14.9 Å². The van der Waals surface area contributed by atoms with E-state index in [1.54, 1.807) is 48.5 Å². The molecule has 1 amide bonds. The van der Waals surface area contributed by atoms with Crippen LogP contribution < -0.4 is 15.8 Å². The molecule has 4 rings (SSSR count). The van der Waals surface area contributed by atoms with Crippen molar-refractivity contribution in [1.82, 2.24) is 5.43 Å². The molecule has 0 aliphatic rings. The summed E-state index contributed by atoms with van der Waals surface area (Å²) in [5.74, 6) is -0.571. The zero-order chi connectivity index (χ0) is 19.4. The van der Waals surface area contributed by atoms with E-state index in [-0.39, 0.29) is 0 Å². The molecule has 5 nitrogen and oxygen atoms in total. The Balaban J connectivity index is 1.67. The molecular weight excluding hydrogens is 350 g/mol. The standard InChI is InChI=1S/C23H19N3O2/c27-22(26-25-20-15-7-9-17-10-8-16-24-21(17)20)23(28,18-11-3-1-4-12-18)19-13-5-2-6-14-19/h1-16,25,28H,(H,26,27)/p+1. The van der Waals surface area contributed by atoms with E-state index in [2.05, 4.69) is 15.8 Å². The molecule has 0 bridgehead atoms. The van der Waals surface area contributed by atoms with Crippen LogP contribution in [-0.2, 0) is 10.4 Å². The Morgan fingerprint density at radius 2 is 1.39 bits per heavy atom. The summed E-state index contributed by atoms with van der Waals surface area (Å²) in [6.45, 7) is 0. The molecule has 0 atom stereocenters. The number of benzene rings is 3. The van der Waals surface area contributed by atoms with Gasteiger partial charge in [-0.05, 0) is 29.3 Å². The number of aliphatic hydroxyl groups is 1. The largest absolute Gasteiger partial charge is 0.372 e. The van der Waals surface area contributed by atoms with Gasteiger partial charge in [0.1, 0.15) is 5.69 Å². The van der Waals surface area contributed by atoms with E-state index in [0.717, 1.165) is 10.9 Å². The maximum absolute atomic E-state index is 13.1. The summed E-state index contributed by atoms with van der Waals surface area (Å²) in [5.41, 5.74) is 6.32. The highest BCUT2D eigenvalue weighted by atomic mass is 16.3. The van der Waals surface area contributed by atoms with Gasteiger partial charge >= 0.3 is 0 Å². The maximum Gasteiger partial charge on any atom is 0.279 e. The molecule has 138 valence electrons. The summed E-state index contributed by atoms with van der Waals surface area (Å²) in [7, 11) is 0. The van der Waals surface area contributed by atoms with Gasteiger partial charge in [0.25, 0.3) is 5.91 Å². The Kier molecular flexibility index (Phi) is 4.74. The Labute approximate surface area is 162 Å². The molecule has 4 N–H and O–H groups in total. The lowest BCUT2D eigenvalue weighted by molar-refractivity contribution is -0.344. The van der Waals surface area contributed by atoms with E-state index in [4.69, 9.17) is 0 Å². The zero-order valence-corrected chi connectivity index (χ0v) is 15.1. The number of aromatic nitrogens is 1. The molecule has 0 spiro atoms. The van der Waals surface area contributed by atoms with Crippen LogP contribution in [0.15, 0.2) is 97.2 Å². The van der Waals surface area contributed by atoms with E-state index in [1.165, 1.54) is 0 Å². The Morgan fingerprint density at radius 1 is 0.786 bits per heavy atom. The SMILES string of the molecule is O=C(NNc1cccc2ccc[nH+]c12)C(O)(c1ccccc1)c1ccccc1. The molecule has 3 aromatic carbocycles. The number of amides is 1. The van der Waals surface area contributed by atoms with Gasteiger partial charge in [-0.25, -0.2) is 4.98 Å². The first-order chi connectivity index (χ1) is 13.7. The van der Waals surface area contributed by atoms with Gasteiger partial charge in [-0.15, -0.1) is 0 Å². The summed E-state index contributed by atoms with van der Waals surface area (Å²) >= 11 is 0. The molecule has 0 saturated heterocycles. The van der Waals surface area contributed by atoms with Crippen molar-refractivity contribution >= 4 is 22.5 Å². The molecule has 28 heavy (non-hydrogen) atoms. The number of para-hydroxylation sites is 1. The fourth-order valence-electron chi connectivity index (χ4n) is 3.26. The first-order valence-corrected chi connectivity index (χ1v) is 8.99. The molecule has 4 aromatic rings. The quantitative estimate of drug-likeness (QED) is 0.473. The molecule has 0 saturated carbocycles. The molecule has 0 unspecified atom stereocenters. The second kappa shape index (κ2) is 7.50. The maximum atomic E-state index is 13.1. The number of rotatable bonds is 5. The van der Waals surface area contributed by atoms with E-state index in [9.17, 15) is 9.90 Å². The molecule has 1 heterocycles. The minimum absolute atomic E-state index is 0.491. The molecular formula is C23H20N3O2+. The van der Waals surface area contributed by atoms with Gasteiger partial charge in [-0.2, -0.15) is 0 Å². The van der Waals surface area contributed by atoms with Gasteiger partial charge in [0, 0.05) is 11.5 Å². The first-order valence-electron chi connectivity index (χ1n) is 8.99. The number of anilines is 1. The predicted octanol–water partition coefficient (Wildman–Crippen LogP) is 3.03. The molecule has 1 aromatic heterocycles. The zero-order valence-electron chi connectivity index (χ0n) is 15.1. The number of H-pyrrole nitrogens is 1. The van der Waals surface area contributed by atoms with E-state index in [0.29, 0.717) is 16.8 Å². The van der Waals surface area contributed by atoms with Gasteiger partial charge in [0.2, 0.25) is 5.52 Å². The highest BCUT2D eigenvalue weighted by molar-refractivity contribution is 5.93. The van der Waals surface area contributed by atoms with Crippen molar-refractivity contribution in [2.75, 3.05) is 5.43 Å². The van der Waals surface area contributed by atoms with Crippen molar-refractivity contribution in [3.05, 3.63) is 108 Å². The van der Waals surface area contributed by atoms with Crippen LogP contribution in [0.5, 0.6) is 0 Å². The predicted molar refractivity (Wildman–Crippen MR) is 108 cm³/mol. The van der Waals surface area contributed by atoms with E-state index >= 15 is 0 Å². The fourth-order valence-corrected chi connectivity index (χ4v) is 3.26. The van der Waals surface area contributed by atoms with E-state index < -0.39 is 11.5 Å². The molecule has 0 aliphatic heterocycles. The third-order valence-corrected chi connectivity index (χ3v) is 4.72. The summed E-state index contributed by atoms with van der Waals surface area (Å²) in [6, 6.07) is 27.4. The van der Waals surface area contributed by atoms with Crippen LogP contribution in [0.2, 0.25) is 0 Å². The third kappa shape index (κ3) is 3.19. The second-order valence-electron chi connectivity index (χ2n) is 6.46. The Bertz CT molecular complexity index is 1050. The number of pyridine rings is 1. The summed E-state index contributed by atoms with van der Waals surface area (Å²) in [5, 5.41) is 12.5. The third-order valence-electron chi connectivity index (χ3n) is 4.72. The number of hydrogen-bond donors (Lipinski definition) is 3. The highest BCUT2D eigenvalue weighted by Gasteiger charge is 2.40. The van der Waals surface area contributed by atoms with Crippen LogP contribution >= 0.6 is 0 Å². The normalized spacial score (nSPS) is 11.2. The monoisotopic (exact) mass is 370 g/mol. The van der Waals surface area contributed by atoms with Gasteiger partial charge < -0.3 is 5.11 Å². The second-order valence-corrected chi connectivity index (χ2v) is 6.46. The number of hydrogen-bond acceptors (Lipinski definition) is 3. The van der Waals surface area contributed by atoms with E-state index in [1.807, 2.05) is 48.7 Å². The number of carbonyl (C=O) groups is 1. The molecule has 0 fully saturated rings. The molecule has 5 heteroatoms. The van der Waals surface area contributed by atoms with Crippen LogP contribution in [0, 0.1) is 0 Å². The Hall–Kier alpha value is -3.70. The Morgan fingerprint density at radius 3 is 2.04 bits per heavy atom. The number of fused-ring (bicyclic) bond motifs is 1. The highest BCUT2D eigenvalue weighted by Crippen LogP contribution is 2.30. The van der Waals surface area contributed by atoms with Gasteiger partial charge in [-0.1, -0.05) is 66.7 Å². The van der Waals surface area contributed by atoms with Crippen molar-refractivity contribution in [1.29, 1.82) is 0 Å². The number of aromatic amines is 1. The van der Waals surface area contributed by atoms with Crippen LogP contribution in [0.3, 0.4) is 0 Å². The van der Waals surface area contributed by atoms with Crippen molar-refractivity contribution in [3.8, 4) is 0 Å². The van der Waals surface area contributed by atoms with Gasteiger partial charge in [-0.3, -0.25) is 15.6 Å². The van der Waals surface area contributed by atoms with Crippen molar-refractivity contribution in [2.45, 2.75) is 5.60 Å². The summed E-state index contributed by atoms with van der Waals surface area (Å²) in [4.78, 5) is 16.3. The smallest absolute Gasteiger partial charge is 0.279 e. The number of nitrogens with one attached hydrogen (secondary N) is 3.